The third-order valence-corrected chi connectivity index (χ3v) is 3.99. The van der Waals surface area contributed by atoms with Gasteiger partial charge in [-0.05, 0) is 23.8 Å². The number of allylic oxidation sites excluding steroid dienone is 2. The number of rotatable bonds is 1. The molecule has 0 spiro atoms. The Bertz CT molecular complexity index is 654. The van der Waals surface area contributed by atoms with Gasteiger partial charge in [-0.3, -0.25) is 0 Å². The van der Waals surface area contributed by atoms with E-state index in [1.807, 2.05) is 0 Å². The molecule has 1 aliphatic heterocycles. The van der Waals surface area contributed by atoms with E-state index in [4.69, 9.17) is 0 Å². The van der Waals surface area contributed by atoms with Crippen LogP contribution in [0.3, 0.4) is 0 Å². The molecule has 2 aromatic rings. The summed E-state index contributed by atoms with van der Waals surface area (Å²) in [5, 5.41) is 0. The molecule has 2 aliphatic rings. The van der Waals surface area contributed by atoms with Gasteiger partial charge in [0.25, 0.3) is 0 Å². The van der Waals surface area contributed by atoms with E-state index < -0.39 is 0 Å². The lowest BCUT2D eigenvalue weighted by Gasteiger charge is -2.28. The zero-order valence-electron chi connectivity index (χ0n) is 10.6. The van der Waals surface area contributed by atoms with Gasteiger partial charge in [0.1, 0.15) is 0 Å². The van der Waals surface area contributed by atoms with Gasteiger partial charge in [-0.1, -0.05) is 60.7 Å². The van der Waals surface area contributed by atoms with E-state index in [-0.39, 0.29) is 0 Å². The summed E-state index contributed by atoms with van der Waals surface area (Å²) in [5.74, 6) is 0.474. The van der Waals surface area contributed by atoms with Crippen molar-refractivity contribution in [3.63, 3.8) is 0 Å². The molecule has 1 nitrogen and oxygen atoms in total. The van der Waals surface area contributed by atoms with Crippen molar-refractivity contribution in [3.05, 3.63) is 84.5 Å². The molecule has 92 valence electrons. The Kier molecular flexibility index (Phi) is 2.31. The van der Waals surface area contributed by atoms with E-state index in [9.17, 15) is 0 Å². The second-order valence-corrected chi connectivity index (χ2v) is 5.05. The van der Waals surface area contributed by atoms with Crippen molar-refractivity contribution in [1.82, 2.24) is 0 Å². The minimum absolute atomic E-state index is 0.407. The highest BCUT2D eigenvalue weighted by Crippen LogP contribution is 2.47. The van der Waals surface area contributed by atoms with Crippen molar-refractivity contribution in [2.75, 3.05) is 4.90 Å². The first kappa shape index (κ1) is 10.6. The van der Waals surface area contributed by atoms with Crippen LogP contribution in [0.1, 0.15) is 11.5 Å². The van der Waals surface area contributed by atoms with E-state index in [2.05, 4.69) is 83.8 Å². The first-order valence-electron chi connectivity index (χ1n) is 6.73. The number of hydrogen-bond donors (Lipinski definition) is 0. The molecule has 1 heteroatoms. The highest BCUT2D eigenvalue weighted by molar-refractivity contribution is 5.74. The molecule has 19 heavy (non-hydrogen) atoms. The van der Waals surface area contributed by atoms with Crippen LogP contribution in [0.5, 0.6) is 0 Å². The first-order chi connectivity index (χ1) is 9.45. The molecular weight excluding hydrogens is 230 g/mol. The number of hydrogen-bond acceptors (Lipinski definition) is 1. The predicted molar refractivity (Wildman–Crippen MR) is 79.8 cm³/mol. The molecule has 1 unspecified atom stereocenters. The Morgan fingerprint density at radius 3 is 2.37 bits per heavy atom. The highest BCUT2D eigenvalue weighted by Gasteiger charge is 2.36. The maximum atomic E-state index is 2.44. The summed E-state index contributed by atoms with van der Waals surface area (Å²) >= 11 is 0. The third kappa shape index (κ3) is 1.55. The molecule has 1 heterocycles. The second-order valence-electron chi connectivity index (χ2n) is 5.05. The molecule has 0 amide bonds. The lowest BCUT2D eigenvalue weighted by Crippen LogP contribution is -2.28. The minimum Gasteiger partial charge on any atom is -0.333 e. The lowest BCUT2D eigenvalue weighted by molar-refractivity contribution is 0.745. The Balaban J connectivity index is 1.91. The molecule has 4 rings (SSSR count). The quantitative estimate of drug-likeness (QED) is 0.719. The highest BCUT2D eigenvalue weighted by atomic mass is 15.2. The van der Waals surface area contributed by atoms with Crippen LogP contribution in [0.15, 0.2) is 78.9 Å². The first-order valence-corrected chi connectivity index (χ1v) is 6.73. The normalized spacial score (nSPS) is 23.3. The van der Waals surface area contributed by atoms with Gasteiger partial charge in [0.15, 0.2) is 0 Å². The SMILES string of the molecule is C1=CC2[C@@H](C=C1)c1ccccc1N2c1ccccc1. The van der Waals surface area contributed by atoms with Gasteiger partial charge in [0, 0.05) is 17.3 Å². The zero-order valence-corrected chi connectivity index (χ0v) is 10.6. The molecule has 2 aromatic carbocycles. The van der Waals surface area contributed by atoms with Crippen molar-refractivity contribution in [1.29, 1.82) is 0 Å². The zero-order chi connectivity index (χ0) is 12.7. The standard InChI is InChI=1S/C18H15N/c1-2-8-14(9-3-1)19-17-12-6-4-10-15(17)16-11-5-7-13-18(16)19/h1-13,15,17H/t15-,17?/m0/s1. The third-order valence-electron chi connectivity index (χ3n) is 3.99. The van der Waals surface area contributed by atoms with Gasteiger partial charge in [-0.15, -0.1) is 0 Å². The summed E-state index contributed by atoms with van der Waals surface area (Å²) in [6.45, 7) is 0. The van der Waals surface area contributed by atoms with Crippen molar-refractivity contribution >= 4 is 11.4 Å². The summed E-state index contributed by atoms with van der Waals surface area (Å²) in [5.41, 5.74) is 4.03. The van der Waals surface area contributed by atoms with Gasteiger partial charge in [0.2, 0.25) is 0 Å². The molecule has 0 N–H and O–H groups in total. The van der Waals surface area contributed by atoms with Crippen LogP contribution in [0.2, 0.25) is 0 Å². The van der Waals surface area contributed by atoms with Crippen LogP contribution < -0.4 is 4.90 Å². The monoisotopic (exact) mass is 245 g/mol. The molecule has 0 saturated heterocycles. The van der Waals surface area contributed by atoms with Crippen LogP contribution in [0.4, 0.5) is 11.4 Å². The van der Waals surface area contributed by atoms with Crippen molar-refractivity contribution in [3.8, 4) is 0 Å². The number of benzene rings is 2. The number of nitrogens with zero attached hydrogens (tertiary/aromatic N) is 1. The maximum Gasteiger partial charge on any atom is 0.0629 e. The van der Waals surface area contributed by atoms with E-state index in [0.717, 1.165) is 0 Å². The van der Waals surface area contributed by atoms with E-state index in [1.54, 1.807) is 0 Å². The van der Waals surface area contributed by atoms with Crippen LogP contribution in [0.25, 0.3) is 0 Å². The molecule has 0 saturated carbocycles. The topological polar surface area (TPSA) is 3.24 Å². The number of para-hydroxylation sites is 2. The van der Waals surface area contributed by atoms with Gasteiger partial charge < -0.3 is 4.90 Å². The summed E-state index contributed by atoms with van der Waals surface area (Å²) in [6.07, 6.45) is 8.93. The fourth-order valence-corrected chi connectivity index (χ4v) is 3.18. The lowest BCUT2D eigenvalue weighted by atomic mass is 9.91. The smallest absolute Gasteiger partial charge is 0.0629 e. The van der Waals surface area contributed by atoms with Crippen LogP contribution >= 0.6 is 0 Å². The second kappa shape index (κ2) is 4.13. The van der Waals surface area contributed by atoms with E-state index >= 15 is 0 Å². The summed E-state index contributed by atoms with van der Waals surface area (Å²) in [6, 6.07) is 19.8. The molecule has 0 aromatic heterocycles. The van der Waals surface area contributed by atoms with Gasteiger partial charge >= 0.3 is 0 Å². The summed E-state index contributed by atoms with van der Waals surface area (Å²) < 4.78 is 0. The maximum absolute atomic E-state index is 2.44. The summed E-state index contributed by atoms with van der Waals surface area (Å²) in [4.78, 5) is 2.44. The summed E-state index contributed by atoms with van der Waals surface area (Å²) in [7, 11) is 0. The fourth-order valence-electron chi connectivity index (χ4n) is 3.18. The Hall–Kier alpha value is -2.28. The van der Waals surface area contributed by atoms with E-state index in [0.29, 0.717) is 12.0 Å². The molecule has 2 atom stereocenters. The number of anilines is 2. The molecule has 1 aliphatic carbocycles. The molecule has 0 fully saturated rings. The van der Waals surface area contributed by atoms with Crippen LogP contribution in [0, 0.1) is 0 Å². The molecule has 0 bridgehead atoms. The van der Waals surface area contributed by atoms with Crippen molar-refractivity contribution < 1.29 is 0 Å². The molecular formula is C18H15N. The largest absolute Gasteiger partial charge is 0.333 e. The van der Waals surface area contributed by atoms with Gasteiger partial charge in [-0.2, -0.15) is 0 Å². The Morgan fingerprint density at radius 2 is 1.47 bits per heavy atom. The van der Waals surface area contributed by atoms with E-state index in [1.165, 1.54) is 16.9 Å². The van der Waals surface area contributed by atoms with Gasteiger partial charge in [-0.25, -0.2) is 0 Å². The Labute approximate surface area is 113 Å². The van der Waals surface area contributed by atoms with Gasteiger partial charge in [0.05, 0.1) is 6.04 Å². The average Bonchev–Trinajstić information content (AvgIpc) is 2.83. The minimum atomic E-state index is 0.407. The van der Waals surface area contributed by atoms with Crippen molar-refractivity contribution in [2.45, 2.75) is 12.0 Å². The van der Waals surface area contributed by atoms with Crippen LogP contribution in [-0.2, 0) is 0 Å². The predicted octanol–water partition coefficient (Wildman–Crippen LogP) is 4.42. The average molecular weight is 245 g/mol. The fraction of sp³-hybridized carbons (Fsp3) is 0.111. The van der Waals surface area contributed by atoms with Crippen LogP contribution in [-0.4, -0.2) is 6.04 Å². The molecule has 0 radical (unpaired) electrons. The van der Waals surface area contributed by atoms with Crippen molar-refractivity contribution in [2.24, 2.45) is 0 Å². The Morgan fingerprint density at radius 1 is 0.737 bits per heavy atom. The number of fused-ring (bicyclic) bond motifs is 3.